The average molecular weight is 515 g/mol. The molecule has 0 bridgehead atoms. The number of rotatable bonds is 6. The van der Waals surface area contributed by atoms with Gasteiger partial charge in [0, 0.05) is 15.1 Å². The number of imide groups is 1. The molecule has 2 aromatic rings. The standard InChI is InChI=1S/C20H14BrClFNO5S/c1-28-18(25)10-29-16-5-3-13(21)6-12(16)7-17-19(26)24(20(27)30-17)9-11-2-4-14(23)8-15(11)22/h2-8H,9-10H2,1H3/b17-7-. The van der Waals surface area contributed by atoms with Gasteiger partial charge in [0.05, 0.1) is 18.6 Å². The highest BCUT2D eigenvalue weighted by Gasteiger charge is 2.35. The minimum Gasteiger partial charge on any atom is -0.481 e. The van der Waals surface area contributed by atoms with Crippen LogP contribution in [-0.2, 0) is 20.9 Å². The summed E-state index contributed by atoms with van der Waals surface area (Å²) in [4.78, 5) is 37.7. The number of nitrogens with zero attached hydrogens (tertiary/aromatic N) is 1. The van der Waals surface area contributed by atoms with Gasteiger partial charge in [-0.3, -0.25) is 14.5 Å². The predicted octanol–water partition coefficient (Wildman–Crippen LogP) is 5.03. The minimum absolute atomic E-state index is 0.0781. The lowest BCUT2D eigenvalue weighted by Crippen LogP contribution is -2.27. The average Bonchev–Trinajstić information content (AvgIpc) is 2.96. The summed E-state index contributed by atoms with van der Waals surface area (Å²) in [6.07, 6.45) is 1.51. The monoisotopic (exact) mass is 513 g/mol. The van der Waals surface area contributed by atoms with Crippen LogP contribution in [0.15, 0.2) is 45.8 Å². The Hall–Kier alpha value is -2.36. The number of hydrogen-bond donors (Lipinski definition) is 0. The molecule has 30 heavy (non-hydrogen) atoms. The van der Waals surface area contributed by atoms with E-state index in [2.05, 4.69) is 20.7 Å². The van der Waals surface area contributed by atoms with E-state index < -0.39 is 22.9 Å². The third-order valence-corrected chi connectivity index (χ3v) is 5.80. The fraction of sp³-hybridized carbons (Fsp3) is 0.150. The zero-order valence-electron chi connectivity index (χ0n) is 15.5. The Labute approximate surface area is 189 Å². The smallest absolute Gasteiger partial charge is 0.343 e. The Morgan fingerprint density at radius 3 is 2.73 bits per heavy atom. The van der Waals surface area contributed by atoms with E-state index in [-0.39, 0.29) is 23.1 Å². The number of halogens is 3. The molecule has 6 nitrogen and oxygen atoms in total. The van der Waals surface area contributed by atoms with Crippen molar-refractivity contribution in [2.24, 2.45) is 0 Å². The van der Waals surface area contributed by atoms with Crippen LogP contribution in [0.25, 0.3) is 6.08 Å². The van der Waals surface area contributed by atoms with Crippen molar-refractivity contribution in [1.82, 2.24) is 4.90 Å². The van der Waals surface area contributed by atoms with Gasteiger partial charge in [-0.15, -0.1) is 0 Å². The van der Waals surface area contributed by atoms with Crippen molar-refractivity contribution in [1.29, 1.82) is 0 Å². The largest absolute Gasteiger partial charge is 0.481 e. The lowest BCUT2D eigenvalue weighted by Gasteiger charge is -2.13. The zero-order valence-corrected chi connectivity index (χ0v) is 18.6. The van der Waals surface area contributed by atoms with Gasteiger partial charge in [-0.1, -0.05) is 33.6 Å². The summed E-state index contributed by atoms with van der Waals surface area (Å²) >= 11 is 10.1. The summed E-state index contributed by atoms with van der Waals surface area (Å²) in [5.41, 5.74) is 0.949. The van der Waals surface area contributed by atoms with E-state index in [0.29, 0.717) is 16.9 Å². The summed E-state index contributed by atoms with van der Waals surface area (Å²) in [5, 5.41) is -0.345. The van der Waals surface area contributed by atoms with Crippen LogP contribution in [0.2, 0.25) is 5.02 Å². The highest BCUT2D eigenvalue weighted by Crippen LogP contribution is 2.36. The topological polar surface area (TPSA) is 72.9 Å². The van der Waals surface area contributed by atoms with E-state index in [1.165, 1.54) is 25.3 Å². The fourth-order valence-corrected chi connectivity index (χ4v) is 3.99. The van der Waals surface area contributed by atoms with Gasteiger partial charge in [-0.05, 0) is 53.7 Å². The Morgan fingerprint density at radius 2 is 2.03 bits per heavy atom. The highest BCUT2D eigenvalue weighted by atomic mass is 79.9. The molecule has 1 aliphatic rings. The number of benzene rings is 2. The van der Waals surface area contributed by atoms with Gasteiger partial charge in [0.25, 0.3) is 11.1 Å². The quantitative estimate of drug-likeness (QED) is 0.398. The molecule has 2 amide bonds. The van der Waals surface area contributed by atoms with Gasteiger partial charge in [-0.2, -0.15) is 0 Å². The highest BCUT2D eigenvalue weighted by molar-refractivity contribution is 9.10. The third kappa shape index (κ3) is 5.21. The molecule has 1 aliphatic heterocycles. The van der Waals surface area contributed by atoms with E-state index in [0.717, 1.165) is 27.2 Å². The minimum atomic E-state index is -0.555. The molecule has 1 fully saturated rings. The van der Waals surface area contributed by atoms with Crippen LogP contribution in [0.4, 0.5) is 9.18 Å². The summed E-state index contributed by atoms with van der Waals surface area (Å²) in [6, 6.07) is 8.80. The number of hydrogen-bond acceptors (Lipinski definition) is 6. The lowest BCUT2D eigenvalue weighted by atomic mass is 10.1. The number of ether oxygens (including phenoxy) is 2. The maximum atomic E-state index is 13.2. The molecule has 1 saturated heterocycles. The number of thioether (sulfide) groups is 1. The third-order valence-electron chi connectivity index (χ3n) is 4.05. The molecule has 0 atom stereocenters. The zero-order chi connectivity index (χ0) is 21.8. The molecule has 0 radical (unpaired) electrons. The van der Waals surface area contributed by atoms with Crippen molar-refractivity contribution < 1.29 is 28.2 Å². The Balaban J connectivity index is 1.84. The molecule has 0 saturated carbocycles. The maximum Gasteiger partial charge on any atom is 0.343 e. The van der Waals surface area contributed by atoms with E-state index >= 15 is 0 Å². The van der Waals surface area contributed by atoms with Crippen LogP contribution in [0.5, 0.6) is 5.75 Å². The molecule has 10 heteroatoms. The van der Waals surface area contributed by atoms with E-state index in [1.807, 2.05) is 0 Å². The molecule has 0 unspecified atom stereocenters. The fourth-order valence-electron chi connectivity index (χ4n) is 2.56. The first-order valence-corrected chi connectivity index (χ1v) is 10.5. The second kappa shape index (κ2) is 9.63. The first kappa shape index (κ1) is 22.3. The number of methoxy groups -OCH3 is 1. The van der Waals surface area contributed by atoms with Gasteiger partial charge in [0.1, 0.15) is 11.6 Å². The summed E-state index contributed by atoms with van der Waals surface area (Å²) in [7, 11) is 1.25. The number of carbonyl (C=O) groups is 3. The molecule has 0 aromatic heterocycles. The van der Waals surface area contributed by atoms with E-state index in [4.69, 9.17) is 16.3 Å². The second-order valence-corrected chi connectivity index (χ2v) is 8.37. The van der Waals surface area contributed by atoms with Gasteiger partial charge in [0.15, 0.2) is 6.61 Å². The SMILES string of the molecule is COC(=O)COc1ccc(Br)cc1/C=C1\SC(=O)N(Cc2ccc(F)cc2Cl)C1=O. The molecule has 1 heterocycles. The summed E-state index contributed by atoms with van der Waals surface area (Å²) in [5.74, 6) is -1.23. The summed E-state index contributed by atoms with van der Waals surface area (Å²) in [6.45, 7) is -0.380. The second-order valence-electron chi connectivity index (χ2n) is 6.05. The van der Waals surface area contributed by atoms with Crippen molar-refractivity contribution in [2.45, 2.75) is 6.54 Å². The van der Waals surface area contributed by atoms with Crippen molar-refractivity contribution in [3.63, 3.8) is 0 Å². The maximum absolute atomic E-state index is 13.2. The molecule has 0 aliphatic carbocycles. The number of esters is 1. The predicted molar refractivity (Wildman–Crippen MR) is 115 cm³/mol. The summed E-state index contributed by atoms with van der Waals surface area (Å²) < 4.78 is 24.0. The van der Waals surface area contributed by atoms with Crippen LogP contribution in [-0.4, -0.2) is 35.7 Å². The van der Waals surface area contributed by atoms with Crippen LogP contribution < -0.4 is 4.74 Å². The van der Waals surface area contributed by atoms with Gasteiger partial charge < -0.3 is 9.47 Å². The van der Waals surface area contributed by atoms with Crippen LogP contribution in [0.1, 0.15) is 11.1 Å². The molecule has 0 spiro atoms. The molecular weight excluding hydrogens is 501 g/mol. The number of amides is 2. The van der Waals surface area contributed by atoms with Gasteiger partial charge >= 0.3 is 5.97 Å². The first-order valence-electron chi connectivity index (χ1n) is 8.47. The molecular formula is C20H14BrClFNO5S. The van der Waals surface area contributed by atoms with E-state index in [1.54, 1.807) is 18.2 Å². The Morgan fingerprint density at radius 1 is 1.27 bits per heavy atom. The first-order chi connectivity index (χ1) is 14.3. The number of carbonyl (C=O) groups excluding carboxylic acids is 3. The normalized spacial score (nSPS) is 15.1. The molecule has 156 valence electrons. The molecule has 0 N–H and O–H groups in total. The Kier molecular flexibility index (Phi) is 7.17. The van der Waals surface area contributed by atoms with Crippen molar-refractivity contribution in [3.05, 3.63) is 67.7 Å². The van der Waals surface area contributed by atoms with Gasteiger partial charge in [-0.25, -0.2) is 9.18 Å². The van der Waals surface area contributed by atoms with Crippen LogP contribution in [0.3, 0.4) is 0 Å². The van der Waals surface area contributed by atoms with Crippen LogP contribution >= 0.6 is 39.3 Å². The Bertz CT molecular complexity index is 1060. The lowest BCUT2D eigenvalue weighted by molar-refractivity contribution is -0.142. The van der Waals surface area contributed by atoms with E-state index in [9.17, 15) is 18.8 Å². The van der Waals surface area contributed by atoms with Crippen molar-refractivity contribution in [3.8, 4) is 5.75 Å². The van der Waals surface area contributed by atoms with Crippen molar-refractivity contribution in [2.75, 3.05) is 13.7 Å². The van der Waals surface area contributed by atoms with Crippen molar-refractivity contribution >= 4 is 62.5 Å². The molecule has 3 rings (SSSR count). The van der Waals surface area contributed by atoms with Crippen LogP contribution in [0, 0.1) is 5.82 Å². The molecule has 2 aromatic carbocycles. The van der Waals surface area contributed by atoms with Gasteiger partial charge in [0.2, 0.25) is 0 Å².